The Bertz CT molecular complexity index is 1020. The number of nitrogen functional groups attached to an aromatic ring is 1. The van der Waals surface area contributed by atoms with Crippen molar-refractivity contribution in [1.29, 1.82) is 0 Å². The van der Waals surface area contributed by atoms with Crippen molar-refractivity contribution in [2.75, 3.05) is 23.7 Å². The molecule has 0 amide bonds. The Morgan fingerprint density at radius 3 is 2.24 bits per heavy atom. The molecule has 0 radical (unpaired) electrons. The molecule has 0 aliphatic rings. The molecule has 156 valence electrons. The summed E-state index contributed by atoms with van der Waals surface area (Å²) in [5.41, 5.74) is 8.93. The van der Waals surface area contributed by atoms with Gasteiger partial charge in [-0.05, 0) is 37.1 Å². The lowest BCUT2D eigenvalue weighted by atomic mass is 10.0. The van der Waals surface area contributed by atoms with Gasteiger partial charge in [0.05, 0.1) is 16.8 Å². The van der Waals surface area contributed by atoms with Crippen LogP contribution in [0.2, 0.25) is 5.02 Å². The lowest BCUT2D eigenvalue weighted by molar-refractivity contribution is -0.137. The van der Waals surface area contributed by atoms with Gasteiger partial charge in [-0.25, -0.2) is 4.98 Å². The van der Waals surface area contributed by atoms with Gasteiger partial charge in [-0.1, -0.05) is 31.5 Å². The summed E-state index contributed by atoms with van der Waals surface area (Å²) in [7, 11) is 1.84. The Labute approximate surface area is 173 Å². The number of hydrogen-bond donors (Lipinski definition) is 1. The van der Waals surface area contributed by atoms with Crippen molar-refractivity contribution in [2.45, 2.75) is 32.9 Å². The minimum Gasteiger partial charge on any atom is -0.370 e. The maximum Gasteiger partial charge on any atom is 0.416 e. The van der Waals surface area contributed by atoms with E-state index in [2.05, 4.69) is 23.7 Å². The van der Waals surface area contributed by atoms with Crippen LogP contribution in [0.4, 0.5) is 24.8 Å². The van der Waals surface area contributed by atoms with Crippen molar-refractivity contribution in [1.82, 2.24) is 9.55 Å². The van der Waals surface area contributed by atoms with E-state index in [4.69, 9.17) is 17.3 Å². The first-order valence-corrected chi connectivity index (χ1v) is 9.93. The van der Waals surface area contributed by atoms with Gasteiger partial charge in [0.25, 0.3) is 0 Å². The van der Waals surface area contributed by atoms with Crippen LogP contribution in [0.25, 0.3) is 22.2 Å². The number of alkyl halides is 3. The summed E-state index contributed by atoms with van der Waals surface area (Å²) in [6.07, 6.45) is -2.47. The second-order valence-electron chi connectivity index (χ2n) is 7.04. The topological polar surface area (TPSA) is 47.1 Å². The predicted molar refractivity (Wildman–Crippen MR) is 113 cm³/mol. The van der Waals surface area contributed by atoms with Crippen LogP contribution in [0.1, 0.15) is 32.3 Å². The average molecular weight is 425 g/mol. The summed E-state index contributed by atoms with van der Waals surface area (Å²) in [5.74, 6) is 0.338. The molecule has 29 heavy (non-hydrogen) atoms. The fourth-order valence-corrected chi connectivity index (χ4v) is 3.87. The molecule has 0 fully saturated rings. The lowest BCUT2D eigenvalue weighted by Gasteiger charge is -2.25. The van der Waals surface area contributed by atoms with Crippen LogP contribution in [0, 0.1) is 0 Å². The number of hydrogen-bond acceptors (Lipinski definition) is 3. The molecule has 1 heterocycles. The lowest BCUT2D eigenvalue weighted by Crippen LogP contribution is -2.25. The molecule has 4 nitrogen and oxygen atoms in total. The maximum atomic E-state index is 13.0. The first-order valence-electron chi connectivity index (χ1n) is 9.56. The average Bonchev–Trinajstić information content (AvgIpc) is 2.95. The molecule has 0 aliphatic carbocycles. The Hall–Kier alpha value is -2.41. The number of aromatic nitrogens is 2. The van der Waals surface area contributed by atoms with Crippen LogP contribution >= 0.6 is 11.6 Å². The number of nitrogens with zero attached hydrogens (tertiary/aromatic N) is 3. The SMILES string of the molecule is CCCN(CCC)c1ccc(-c2ccc(C(F)(F)F)cc2Cl)c2nc(N)n(C)c12. The monoisotopic (exact) mass is 424 g/mol. The predicted octanol–water partition coefficient (Wildman–Crippen LogP) is 6.12. The molecule has 8 heteroatoms. The van der Waals surface area contributed by atoms with E-state index in [-0.39, 0.29) is 5.02 Å². The van der Waals surface area contributed by atoms with Crippen molar-refractivity contribution in [3.63, 3.8) is 0 Å². The first kappa shape index (κ1) is 21.3. The third-order valence-electron chi connectivity index (χ3n) is 4.95. The number of nitrogens with two attached hydrogens (primary N) is 1. The second-order valence-corrected chi connectivity index (χ2v) is 7.45. The van der Waals surface area contributed by atoms with E-state index in [9.17, 15) is 13.2 Å². The molecule has 1 aromatic heterocycles. The van der Waals surface area contributed by atoms with Gasteiger partial charge in [0.1, 0.15) is 5.52 Å². The normalized spacial score (nSPS) is 12.0. The Morgan fingerprint density at radius 2 is 1.69 bits per heavy atom. The highest BCUT2D eigenvalue weighted by atomic mass is 35.5. The molecule has 0 spiro atoms. The van der Waals surface area contributed by atoms with Gasteiger partial charge in [-0.2, -0.15) is 13.2 Å². The van der Waals surface area contributed by atoms with E-state index >= 15 is 0 Å². The van der Waals surface area contributed by atoms with Crippen LogP contribution in [0.5, 0.6) is 0 Å². The van der Waals surface area contributed by atoms with Gasteiger partial charge in [0.15, 0.2) is 0 Å². The molecular weight excluding hydrogens is 401 g/mol. The molecule has 0 unspecified atom stereocenters. The number of imidazole rings is 1. The molecule has 0 bridgehead atoms. The number of aryl methyl sites for hydroxylation is 1. The van der Waals surface area contributed by atoms with E-state index in [1.165, 1.54) is 6.07 Å². The Balaban J connectivity index is 2.22. The van der Waals surface area contributed by atoms with Crippen molar-refractivity contribution in [3.05, 3.63) is 40.9 Å². The highest BCUT2D eigenvalue weighted by Gasteiger charge is 2.31. The molecule has 3 aromatic rings. The third kappa shape index (κ3) is 4.01. The number of anilines is 2. The number of rotatable bonds is 6. The van der Waals surface area contributed by atoms with Crippen molar-refractivity contribution in [3.8, 4) is 11.1 Å². The summed E-state index contributed by atoms with van der Waals surface area (Å²) < 4.78 is 40.8. The van der Waals surface area contributed by atoms with E-state index in [0.29, 0.717) is 22.6 Å². The van der Waals surface area contributed by atoms with Crippen molar-refractivity contribution in [2.24, 2.45) is 7.05 Å². The highest BCUT2D eigenvalue weighted by molar-refractivity contribution is 6.33. The van der Waals surface area contributed by atoms with Crippen LogP contribution in [0.15, 0.2) is 30.3 Å². The fourth-order valence-electron chi connectivity index (χ4n) is 3.59. The zero-order chi connectivity index (χ0) is 21.3. The van der Waals surface area contributed by atoms with Crippen molar-refractivity contribution >= 4 is 34.3 Å². The smallest absolute Gasteiger partial charge is 0.370 e. The van der Waals surface area contributed by atoms with Gasteiger partial charge >= 0.3 is 6.18 Å². The quantitative estimate of drug-likeness (QED) is 0.518. The van der Waals surface area contributed by atoms with E-state index in [1.54, 1.807) is 0 Å². The molecule has 2 aromatic carbocycles. The molecule has 0 saturated carbocycles. The number of fused-ring (bicyclic) bond motifs is 1. The van der Waals surface area contributed by atoms with E-state index in [1.807, 2.05) is 23.7 Å². The third-order valence-corrected chi connectivity index (χ3v) is 5.26. The summed E-state index contributed by atoms with van der Waals surface area (Å²) >= 11 is 6.24. The molecule has 0 atom stereocenters. The fraction of sp³-hybridized carbons (Fsp3) is 0.381. The van der Waals surface area contributed by atoms with Crippen LogP contribution in [-0.4, -0.2) is 22.6 Å². The number of benzene rings is 2. The van der Waals surface area contributed by atoms with E-state index < -0.39 is 11.7 Å². The molecule has 0 saturated heterocycles. The van der Waals surface area contributed by atoms with Crippen LogP contribution in [-0.2, 0) is 13.2 Å². The molecule has 0 aliphatic heterocycles. The van der Waals surface area contributed by atoms with E-state index in [0.717, 1.165) is 49.3 Å². The summed E-state index contributed by atoms with van der Waals surface area (Å²) in [5, 5.41) is 0.0251. The molecule has 3 rings (SSSR count). The van der Waals surface area contributed by atoms with Gasteiger partial charge in [0.2, 0.25) is 5.95 Å². The summed E-state index contributed by atoms with van der Waals surface area (Å²) in [6.45, 7) is 6.00. The minimum atomic E-state index is -4.45. The molecular formula is C21H24ClF3N4. The second kappa shape index (κ2) is 8.14. The number of halogens is 4. The summed E-state index contributed by atoms with van der Waals surface area (Å²) in [4.78, 5) is 6.78. The Morgan fingerprint density at radius 1 is 1.07 bits per heavy atom. The summed E-state index contributed by atoms with van der Waals surface area (Å²) in [6, 6.07) is 7.20. The van der Waals surface area contributed by atoms with Gasteiger partial charge in [0, 0.05) is 36.3 Å². The van der Waals surface area contributed by atoms with Gasteiger partial charge in [-0.15, -0.1) is 0 Å². The maximum absolute atomic E-state index is 13.0. The van der Waals surface area contributed by atoms with Crippen LogP contribution in [0.3, 0.4) is 0 Å². The van der Waals surface area contributed by atoms with Crippen LogP contribution < -0.4 is 10.6 Å². The first-order chi connectivity index (χ1) is 13.7. The Kier molecular flexibility index (Phi) is 5.98. The zero-order valence-corrected chi connectivity index (χ0v) is 17.4. The zero-order valence-electron chi connectivity index (χ0n) is 16.6. The van der Waals surface area contributed by atoms with Crippen molar-refractivity contribution < 1.29 is 13.2 Å². The standard InChI is InChI=1S/C21H24ClF3N4/c1-4-10-29(11-5-2)17-9-8-15(18-19(17)28(3)20(26)27-18)14-7-6-13(12-16(14)22)21(23,24)25/h6-9,12H,4-5,10-11H2,1-3H3,(H2,26,27). The van der Waals surface area contributed by atoms with Gasteiger partial charge in [-0.3, -0.25) is 0 Å². The molecule has 2 N–H and O–H groups in total. The highest BCUT2D eigenvalue weighted by Crippen LogP contribution is 2.40. The largest absolute Gasteiger partial charge is 0.416 e. The van der Waals surface area contributed by atoms with Gasteiger partial charge < -0.3 is 15.2 Å². The minimum absolute atomic E-state index is 0.0251.